The highest BCUT2D eigenvalue weighted by molar-refractivity contribution is 6.03. The Kier molecular flexibility index (Phi) is 4.21. The van der Waals surface area contributed by atoms with Crippen LogP contribution in [0.2, 0.25) is 0 Å². The molecular formula is C20H18O4. The summed E-state index contributed by atoms with van der Waals surface area (Å²) in [4.78, 5) is 25.4. The van der Waals surface area contributed by atoms with Gasteiger partial charge in [-0.2, -0.15) is 0 Å². The molecule has 0 heterocycles. The summed E-state index contributed by atoms with van der Waals surface area (Å²) in [6.45, 7) is 0. The lowest BCUT2D eigenvalue weighted by Crippen LogP contribution is -2.41. The van der Waals surface area contributed by atoms with Crippen LogP contribution in [-0.2, 0) is 19.1 Å². The molecule has 0 spiro atoms. The summed E-state index contributed by atoms with van der Waals surface area (Å²) >= 11 is 0. The zero-order valence-corrected chi connectivity index (χ0v) is 13.6. The lowest BCUT2D eigenvalue weighted by Gasteiger charge is -2.35. The van der Waals surface area contributed by atoms with Crippen molar-refractivity contribution in [1.29, 1.82) is 0 Å². The summed E-state index contributed by atoms with van der Waals surface area (Å²) in [5, 5.41) is 0. The fourth-order valence-corrected chi connectivity index (χ4v) is 3.48. The van der Waals surface area contributed by atoms with E-state index >= 15 is 0 Å². The highest BCUT2D eigenvalue weighted by Gasteiger charge is 2.56. The second-order valence-corrected chi connectivity index (χ2v) is 5.63. The molecule has 2 aliphatic carbocycles. The Hall–Kier alpha value is -2.88. The summed E-state index contributed by atoms with van der Waals surface area (Å²) in [6, 6.07) is 9.61. The minimum atomic E-state index is -1.24. The molecule has 0 radical (unpaired) electrons. The molecule has 3 rings (SSSR count). The highest BCUT2D eigenvalue weighted by atomic mass is 16.5. The van der Waals surface area contributed by atoms with E-state index in [9.17, 15) is 9.59 Å². The molecular weight excluding hydrogens is 304 g/mol. The van der Waals surface area contributed by atoms with Crippen LogP contribution in [0.3, 0.4) is 0 Å². The quantitative estimate of drug-likeness (QED) is 0.803. The Morgan fingerprint density at radius 2 is 1.71 bits per heavy atom. The van der Waals surface area contributed by atoms with E-state index in [1.807, 2.05) is 48.6 Å². The van der Waals surface area contributed by atoms with Gasteiger partial charge in [-0.1, -0.05) is 66.8 Å². The molecule has 0 aliphatic heterocycles. The van der Waals surface area contributed by atoms with Crippen LogP contribution in [0.15, 0.2) is 77.9 Å². The first-order valence-corrected chi connectivity index (χ1v) is 7.65. The Morgan fingerprint density at radius 1 is 1.00 bits per heavy atom. The van der Waals surface area contributed by atoms with Gasteiger partial charge >= 0.3 is 11.9 Å². The van der Waals surface area contributed by atoms with Crippen LogP contribution >= 0.6 is 0 Å². The minimum absolute atomic E-state index is 0.274. The van der Waals surface area contributed by atoms with E-state index in [-0.39, 0.29) is 11.5 Å². The summed E-state index contributed by atoms with van der Waals surface area (Å²) in [5.41, 5.74) is 0.677. The largest absolute Gasteiger partial charge is 0.468 e. The van der Waals surface area contributed by atoms with E-state index in [2.05, 4.69) is 0 Å². The van der Waals surface area contributed by atoms with Crippen LogP contribution < -0.4 is 0 Å². The molecule has 2 atom stereocenters. The van der Waals surface area contributed by atoms with Gasteiger partial charge in [0.15, 0.2) is 0 Å². The van der Waals surface area contributed by atoms with Gasteiger partial charge in [0.25, 0.3) is 0 Å². The maximum Gasteiger partial charge on any atom is 0.335 e. The van der Waals surface area contributed by atoms with Crippen LogP contribution in [0.4, 0.5) is 0 Å². The number of rotatable bonds is 3. The van der Waals surface area contributed by atoms with E-state index in [0.29, 0.717) is 5.57 Å². The van der Waals surface area contributed by atoms with Crippen LogP contribution in [0.5, 0.6) is 0 Å². The van der Waals surface area contributed by atoms with Crippen molar-refractivity contribution in [2.75, 3.05) is 14.2 Å². The predicted molar refractivity (Wildman–Crippen MR) is 90.1 cm³/mol. The predicted octanol–water partition coefficient (Wildman–Crippen LogP) is 3.10. The third kappa shape index (κ3) is 2.22. The van der Waals surface area contributed by atoms with Crippen molar-refractivity contribution >= 4 is 11.9 Å². The second-order valence-electron chi connectivity index (χ2n) is 5.63. The van der Waals surface area contributed by atoms with Crippen molar-refractivity contribution in [3.8, 4) is 0 Å². The summed E-state index contributed by atoms with van der Waals surface area (Å²) in [5.74, 6) is -1.36. The van der Waals surface area contributed by atoms with Crippen molar-refractivity contribution in [2.45, 2.75) is 5.92 Å². The van der Waals surface area contributed by atoms with Crippen LogP contribution in [0.1, 0.15) is 11.5 Å². The number of allylic oxidation sites excluding steroid dienone is 6. The molecule has 0 bridgehead atoms. The maximum atomic E-state index is 13.0. The van der Waals surface area contributed by atoms with Crippen molar-refractivity contribution in [1.82, 2.24) is 0 Å². The number of methoxy groups -OCH3 is 2. The van der Waals surface area contributed by atoms with Gasteiger partial charge < -0.3 is 9.47 Å². The van der Waals surface area contributed by atoms with Crippen LogP contribution in [0.25, 0.3) is 0 Å². The highest BCUT2D eigenvalue weighted by Crippen LogP contribution is 2.55. The molecule has 1 aromatic rings. The molecule has 0 saturated carbocycles. The number of esters is 2. The lowest BCUT2D eigenvalue weighted by atomic mass is 9.66. The summed E-state index contributed by atoms with van der Waals surface area (Å²) in [6.07, 6.45) is 10.8. The molecule has 2 aliphatic rings. The van der Waals surface area contributed by atoms with Crippen molar-refractivity contribution in [2.24, 2.45) is 5.41 Å². The number of hydrogen-bond acceptors (Lipinski definition) is 4. The van der Waals surface area contributed by atoms with E-state index in [1.165, 1.54) is 14.2 Å². The number of carbonyl (C=O) groups excluding carboxylic acids is 2. The molecule has 0 N–H and O–H groups in total. The molecule has 0 amide bonds. The van der Waals surface area contributed by atoms with Gasteiger partial charge in [0.05, 0.1) is 19.8 Å². The average molecular weight is 322 g/mol. The minimum Gasteiger partial charge on any atom is -0.468 e. The fraction of sp³-hybridized carbons (Fsp3) is 0.200. The SMILES string of the molecule is COC(=O)C1=CC=CC=C2C=CC(c3ccccc3)C21C(=O)OC. The molecule has 1 aromatic carbocycles. The van der Waals surface area contributed by atoms with Crippen LogP contribution in [0, 0.1) is 5.41 Å². The van der Waals surface area contributed by atoms with Crippen LogP contribution in [-0.4, -0.2) is 26.2 Å². The Bertz CT molecular complexity index is 783. The Morgan fingerprint density at radius 3 is 2.38 bits per heavy atom. The van der Waals surface area contributed by atoms with Gasteiger partial charge in [0.2, 0.25) is 0 Å². The number of carbonyl (C=O) groups is 2. The number of hydrogen-bond donors (Lipinski definition) is 0. The summed E-state index contributed by atoms with van der Waals surface area (Å²) < 4.78 is 10.1. The molecule has 0 fully saturated rings. The van der Waals surface area contributed by atoms with Crippen molar-refractivity contribution in [3.05, 3.63) is 83.5 Å². The first kappa shape index (κ1) is 16.0. The molecule has 24 heavy (non-hydrogen) atoms. The molecule has 2 unspecified atom stereocenters. The lowest BCUT2D eigenvalue weighted by molar-refractivity contribution is -0.152. The third-order valence-electron chi connectivity index (χ3n) is 4.54. The fourth-order valence-electron chi connectivity index (χ4n) is 3.48. The zero-order chi connectivity index (χ0) is 17.2. The van der Waals surface area contributed by atoms with Gasteiger partial charge in [-0.05, 0) is 11.1 Å². The molecule has 0 saturated heterocycles. The molecule has 4 nitrogen and oxygen atoms in total. The molecule has 4 heteroatoms. The van der Waals surface area contributed by atoms with E-state index in [1.54, 1.807) is 18.2 Å². The smallest absolute Gasteiger partial charge is 0.335 e. The maximum absolute atomic E-state index is 13.0. The monoisotopic (exact) mass is 322 g/mol. The third-order valence-corrected chi connectivity index (χ3v) is 4.54. The van der Waals surface area contributed by atoms with Gasteiger partial charge in [0.1, 0.15) is 5.41 Å². The average Bonchev–Trinajstić information content (AvgIpc) is 2.90. The van der Waals surface area contributed by atoms with E-state index in [4.69, 9.17) is 9.47 Å². The van der Waals surface area contributed by atoms with E-state index < -0.39 is 17.4 Å². The Balaban J connectivity index is 2.28. The molecule has 0 aromatic heterocycles. The normalized spacial score (nSPS) is 24.5. The number of ether oxygens (including phenoxy) is 2. The zero-order valence-electron chi connectivity index (χ0n) is 13.6. The number of benzene rings is 1. The van der Waals surface area contributed by atoms with Crippen molar-refractivity contribution < 1.29 is 19.1 Å². The summed E-state index contributed by atoms with van der Waals surface area (Å²) in [7, 11) is 2.65. The van der Waals surface area contributed by atoms with Crippen molar-refractivity contribution in [3.63, 3.8) is 0 Å². The van der Waals surface area contributed by atoms with E-state index in [0.717, 1.165) is 5.56 Å². The van der Waals surface area contributed by atoms with Gasteiger partial charge in [0, 0.05) is 5.92 Å². The first-order chi connectivity index (χ1) is 11.7. The number of fused-ring (bicyclic) bond motifs is 1. The van der Waals surface area contributed by atoms with Gasteiger partial charge in [-0.3, -0.25) is 4.79 Å². The first-order valence-electron chi connectivity index (χ1n) is 7.65. The standard InChI is InChI=1S/C20H18O4/c1-23-18(21)17-11-7-6-10-15-12-13-16(14-8-4-3-5-9-14)20(15,17)19(22)24-2/h3-13,16H,1-2H3. The Labute approximate surface area is 140 Å². The van der Waals surface area contributed by atoms with Gasteiger partial charge in [-0.15, -0.1) is 0 Å². The van der Waals surface area contributed by atoms with Gasteiger partial charge in [-0.25, -0.2) is 4.79 Å². The molecule has 122 valence electrons. The second kappa shape index (κ2) is 6.32. The topological polar surface area (TPSA) is 52.6 Å².